The molecule has 4 aromatic carbocycles. The van der Waals surface area contributed by atoms with Gasteiger partial charge in [-0.05, 0) is 0 Å². The molecule has 1 aliphatic carbocycles. The van der Waals surface area contributed by atoms with Gasteiger partial charge in [-0.3, -0.25) is 0 Å². The fourth-order valence-corrected chi connectivity index (χ4v) is 12.4. The van der Waals surface area contributed by atoms with Crippen LogP contribution in [0.25, 0.3) is 0 Å². The van der Waals surface area contributed by atoms with Crippen molar-refractivity contribution in [1.82, 2.24) is 0 Å². The topological polar surface area (TPSA) is 38.3 Å². The maximum absolute atomic E-state index is 14.6. The van der Waals surface area contributed by atoms with Crippen molar-refractivity contribution < 1.29 is 9.53 Å². The molecule has 0 unspecified atom stereocenters. The van der Waals surface area contributed by atoms with Crippen molar-refractivity contribution in [2.75, 3.05) is 12.4 Å². The number of aryl methyl sites for hydroxylation is 2. The number of ether oxygens (including phenoxy) is 1. The van der Waals surface area contributed by atoms with Gasteiger partial charge in [0.15, 0.2) is 0 Å². The predicted molar refractivity (Wildman–Crippen MR) is 154 cm³/mol. The average Bonchev–Trinajstić information content (AvgIpc) is 2.89. The van der Waals surface area contributed by atoms with E-state index in [1.165, 1.54) is 15.9 Å². The first kappa shape index (κ1) is 24.3. The van der Waals surface area contributed by atoms with Crippen molar-refractivity contribution in [2.45, 2.75) is 38.3 Å². The van der Waals surface area contributed by atoms with E-state index in [1.54, 1.807) is 7.11 Å². The van der Waals surface area contributed by atoms with E-state index in [0.717, 1.165) is 41.8 Å². The molecular weight excluding hydrogens is 461 g/mol. The van der Waals surface area contributed by atoms with Crippen LogP contribution < -0.4 is 26.0 Å². The van der Waals surface area contributed by atoms with E-state index in [9.17, 15) is 4.79 Å². The minimum absolute atomic E-state index is 0.133. The van der Waals surface area contributed by atoms with Gasteiger partial charge < -0.3 is 0 Å². The number of methoxy groups -OCH3 is 1. The Bertz CT molecular complexity index is 1230. The maximum atomic E-state index is 14.6. The number of anilines is 1. The zero-order valence-corrected chi connectivity index (χ0v) is 22.3. The molecule has 4 heteroatoms. The Morgan fingerprint density at radius 2 is 1.17 bits per heavy atom. The van der Waals surface area contributed by atoms with Gasteiger partial charge >= 0.3 is 215 Å². The van der Waals surface area contributed by atoms with Gasteiger partial charge in [-0.15, -0.1) is 0 Å². The van der Waals surface area contributed by atoms with Crippen LogP contribution in [0.15, 0.2) is 103 Å². The number of carbonyl (C=O) groups excluding carboxylic acids is 1. The van der Waals surface area contributed by atoms with Crippen LogP contribution in [-0.2, 0) is 4.79 Å². The Morgan fingerprint density at radius 3 is 1.50 bits per heavy atom. The van der Waals surface area contributed by atoms with Crippen LogP contribution >= 0.6 is 7.26 Å². The zero-order chi connectivity index (χ0) is 25.2. The summed E-state index contributed by atoms with van der Waals surface area (Å²) < 4.78 is 5.46. The first-order valence-corrected chi connectivity index (χ1v) is 14.7. The number of carbonyl (C=O) groups is 1. The minimum atomic E-state index is -2.80. The third kappa shape index (κ3) is 3.83. The third-order valence-corrected chi connectivity index (χ3v) is 13.7. The monoisotopic (exact) mass is 495 g/mol. The van der Waals surface area contributed by atoms with Crippen molar-refractivity contribution >= 4 is 34.8 Å². The van der Waals surface area contributed by atoms with Gasteiger partial charge in [0.25, 0.3) is 0 Å². The Labute approximate surface area is 214 Å². The number of rotatable bonds is 7. The predicted octanol–water partition coefficient (Wildman–Crippen LogP) is 5.90. The molecule has 3 nitrogen and oxygen atoms in total. The van der Waals surface area contributed by atoms with E-state index in [2.05, 4.69) is 96.3 Å². The second-order valence-corrected chi connectivity index (χ2v) is 14.1. The van der Waals surface area contributed by atoms with Crippen molar-refractivity contribution in [2.24, 2.45) is 0 Å². The first-order valence-electron chi connectivity index (χ1n) is 12.7. The molecule has 0 aromatic heterocycles. The molecule has 4 aromatic rings. The van der Waals surface area contributed by atoms with Crippen LogP contribution in [0.5, 0.6) is 5.75 Å². The van der Waals surface area contributed by atoms with Gasteiger partial charge in [-0.2, -0.15) is 0 Å². The molecule has 184 valence electrons. The van der Waals surface area contributed by atoms with Crippen LogP contribution in [-0.4, -0.2) is 18.2 Å². The summed E-state index contributed by atoms with van der Waals surface area (Å²) in [6, 6.07) is 36.3. The van der Waals surface area contributed by atoms with Crippen LogP contribution in [0.4, 0.5) is 5.69 Å². The molecule has 5 rings (SSSR count). The third-order valence-electron chi connectivity index (χ3n) is 7.96. The summed E-state index contributed by atoms with van der Waals surface area (Å²) in [4.78, 5) is 14.6. The van der Waals surface area contributed by atoms with Gasteiger partial charge in [0.1, 0.15) is 0 Å². The van der Waals surface area contributed by atoms with Gasteiger partial charge in [0, 0.05) is 0 Å². The number of amides is 1. The van der Waals surface area contributed by atoms with Gasteiger partial charge in [0.2, 0.25) is 0 Å². The summed E-state index contributed by atoms with van der Waals surface area (Å²) in [6.07, 6.45) is 2.80. The molecule has 0 bridgehead atoms. The molecule has 1 N–H and O–H groups in total. The second-order valence-electron chi connectivity index (χ2n) is 9.87. The standard InChI is InChI=1S/C32H34NO2P/c1-24-22-26(35-3)23-25(2)30(24)33-31(34)32(20-13-21-32)36(27-14-7-4-8-15-27,28-16-9-5-10-17-28)29-18-11-6-12-19-29/h4-12,14-19,22-23,36H,13,20-21H2,1-3H3,(H,33,34). The number of nitrogens with one attached hydrogen (secondary N) is 1. The normalized spacial score (nSPS) is 15.0. The summed E-state index contributed by atoms with van der Waals surface area (Å²) in [5.41, 5.74) is 2.92. The van der Waals surface area contributed by atoms with Crippen molar-refractivity contribution in [3.8, 4) is 5.75 Å². The van der Waals surface area contributed by atoms with Crippen molar-refractivity contribution in [1.29, 1.82) is 0 Å². The van der Waals surface area contributed by atoms with Gasteiger partial charge in [-0.25, -0.2) is 0 Å². The van der Waals surface area contributed by atoms with Crippen LogP contribution in [0.2, 0.25) is 0 Å². The van der Waals surface area contributed by atoms with E-state index in [4.69, 9.17) is 4.74 Å². The van der Waals surface area contributed by atoms with Crippen LogP contribution in [0, 0.1) is 13.8 Å². The van der Waals surface area contributed by atoms with Crippen LogP contribution in [0.3, 0.4) is 0 Å². The Hall–Kier alpha value is -3.42. The number of benzene rings is 4. The van der Waals surface area contributed by atoms with Crippen molar-refractivity contribution in [3.63, 3.8) is 0 Å². The Balaban J connectivity index is 1.74. The van der Waals surface area contributed by atoms with Crippen molar-refractivity contribution in [3.05, 3.63) is 114 Å². The van der Waals surface area contributed by atoms with E-state index in [1.807, 2.05) is 26.0 Å². The molecule has 0 heterocycles. The second kappa shape index (κ2) is 9.91. The summed E-state index contributed by atoms with van der Waals surface area (Å²) in [6.45, 7) is 4.07. The number of hydrogen-bond donors (Lipinski definition) is 1. The fraction of sp³-hybridized carbons (Fsp3) is 0.219. The molecule has 0 radical (unpaired) electrons. The summed E-state index contributed by atoms with van der Waals surface area (Å²) in [5.74, 6) is 0.941. The molecular formula is C32H34NO2P. The molecule has 1 saturated carbocycles. The van der Waals surface area contributed by atoms with Gasteiger partial charge in [-0.1, -0.05) is 0 Å². The molecule has 0 atom stereocenters. The van der Waals surface area contributed by atoms with Crippen LogP contribution in [0.1, 0.15) is 30.4 Å². The molecule has 0 spiro atoms. The fourth-order valence-electron chi connectivity index (χ4n) is 6.17. The van der Waals surface area contributed by atoms with E-state index in [-0.39, 0.29) is 5.91 Å². The summed E-state index contributed by atoms with van der Waals surface area (Å²) >= 11 is 0. The molecule has 0 saturated heterocycles. The van der Waals surface area contributed by atoms with E-state index >= 15 is 0 Å². The summed E-state index contributed by atoms with van der Waals surface area (Å²) in [7, 11) is -1.12. The van der Waals surface area contributed by atoms with Gasteiger partial charge in [0.05, 0.1) is 0 Å². The summed E-state index contributed by atoms with van der Waals surface area (Å²) in [5, 5.41) is 6.76. The SMILES string of the molecule is COc1cc(C)c(NC(=O)C2([PH](c3ccccc3)(c3ccccc3)c3ccccc3)CCC2)c(C)c1. The average molecular weight is 496 g/mol. The van der Waals surface area contributed by atoms with E-state index in [0.29, 0.717) is 0 Å². The molecule has 1 aliphatic rings. The zero-order valence-electron chi connectivity index (χ0n) is 21.3. The molecule has 1 fully saturated rings. The Kier molecular flexibility index (Phi) is 6.69. The first-order chi connectivity index (χ1) is 17.5. The Morgan fingerprint density at radius 1 is 0.750 bits per heavy atom. The quantitative estimate of drug-likeness (QED) is 0.324. The molecule has 36 heavy (non-hydrogen) atoms. The molecule has 0 aliphatic heterocycles. The number of hydrogen-bond acceptors (Lipinski definition) is 2. The van der Waals surface area contributed by atoms with E-state index < -0.39 is 12.4 Å². The molecule has 1 amide bonds.